The van der Waals surface area contributed by atoms with Crippen LogP contribution < -0.4 is 5.73 Å². The molecule has 0 aliphatic heterocycles. The molecule has 0 aromatic heterocycles. The van der Waals surface area contributed by atoms with Gasteiger partial charge in [0, 0.05) is 12.8 Å². The Labute approximate surface area is 340 Å². The zero-order valence-corrected chi connectivity index (χ0v) is 36.1. The third-order valence-electron chi connectivity index (χ3n) is 9.36. The van der Waals surface area contributed by atoms with Crippen molar-refractivity contribution in [3.05, 3.63) is 36.5 Å². The predicted molar refractivity (Wildman–Crippen MR) is 226 cm³/mol. The second-order valence-corrected chi connectivity index (χ2v) is 16.3. The molecular formula is C44H80NO10P. The van der Waals surface area contributed by atoms with Crippen LogP contribution in [0.15, 0.2) is 36.5 Å². The summed E-state index contributed by atoms with van der Waals surface area (Å²) in [6.07, 6.45) is 42.0. The summed E-state index contributed by atoms with van der Waals surface area (Å²) in [6, 6.07) is -1.52. The average molecular weight is 814 g/mol. The molecule has 0 bridgehead atoms. The first-order valence-electron chi connectivity index (χ1n) is 22.0. The van der Waals surface area contributed by atoms with Gasteiger partial charge in [0.2, 0.25) is 0 Å². The number of rotatable bonds is 41. The molecule has 12 heteroatoms. The van der Waals surface area contributed by atoms with Crippen molar-refractivity contribution in [1.82, 2.24) is 0 Å². The normalized spacial score (nSPS) is 14.1. The Bertz CT molecular complexity index is 1100. The minimum absolute atomic E-state index is 0.150. The zero-order chi connectivity index (χ0) is 41.4. The van der Waals surface area contributed by atoms with Crippen molar-refractivity contribution >= 4 is 25.7 Å². The van der Waals surface area contributed by atoms with E-state index in [1.807, 2.05) is 0 Å². The number of phosphoric acid groups is 1. The SMILES string of the molecule is CCCCC/C=C/C/C=C/CCCCCCCCCCCC(=O)OC[C@@H](COP(=O)(O)OC[C@@H](N)C(=O)O)OC(=O)CCCCCCC/C=C/CCCCCC. The first-order chi connectivity index (χ1) is 27.1. The van der Waals surface area contributed by atoms with E-state index in [0.29, 0.717) is 12.8 Å². The van der Waals surface area contributed by atoms with Crippen LogP contribution >= 0.6 is 7.82 Å². The van der Waals surface area contributed by atoms with Crippen molar-refractivity contribution in [2.45, 2.75) is 206 Å². The summed E-state index contributed by atoms with van der Waals surface area (Å²) in [5.74, 6) is -2.39. The number of unbranched alkanes of at least 4 members (excludes halogenated alkanes) is 21. The van der Waals surface area contributed by atoms with Crippen LogP contribution in [0.1, 0.15) is 194 Å². The summed E-state index contributed by atoms with van der Waals surface area (Å²) in [7, 11) is -4.72. The van der Waals surface area contributed by atoms with Gasteiger partial charge >= 0.3 is 25.7 Å². The van der Waals surface area contributed by atoms with E-state index in [9.17, 15) is 23.8 Å². The molecular weight excluding hydrogens is 733 g/mol. The molecule has 11 nitrogen and oxygen atoms in total. The van der Waals surface area contributed by atoms with E-state index in [1.54, 1.807) is 0 Å². The van der Waals surface area contributed by atoms with Crippen LogP contribution in [-0.4, -0.2) is 59.9 Å². The molecule has 0 saturated heterocycles. The van der Waals surface area contributed by atoms with E-state index in [1.165, 1.54) is 83.5 Å². The highest BCUT2D eigenvalue weighted by atomic mass is 31.2. The van der Waals surface area contributed by atoms with E-state index in [0.717, 1.165) is 70.6 Å². The van der Waals surface area contributed by atoms with Crippen molar-refractivity contribution in [2.75, 3.05) is 19.8 Å². The van der Waals surface area contributed by atoms with Gasteiger partial charge in [0.15, 0.2) is 6.10 Å². The van der Waals surface area contributed by atoms with Gasteiger partial charge < -0.3 is 25.2 Å². The van der Waals surface area contributed by atoms with Gasteiger partial charge in [-0.1, -0.05) is 147 Å². The lowest BCUT2D eigenvalue weighted by Crippen LogP contribution is -2.34. The molecule has 0 aliphatic carbocycles. The molecule has 0 heterocycles. The van der Waals surface area contributed by atoms with Gasteiger partial charge in [0.05, 0.1) is 13.2 Å². The number of aliphatic carboxylic acids is 1. The van der Waals surface area contributed by atoms with Crippen LogP contribution in [0.5, 0.6) is 0 Å². The third kappa shape index (κ3) is 38.6. The highest BCUT2D eigenvalue weighted by Gasteiger charge is 2.28. The molecule has 326 valence electrons. The largest absolute Gasteiger partial charge is 0.480 e. The summed E-state index contributed by atoms with van der Waals surface area (Å²) in [5, 5.41) is 8.88. The first kappa shape index (κ1) is 53.7. The Balaban J connectivity index is 4.33. The number of carbonyl (C=O) groups is 3. The summed E-state index contributed by atoms with van der Waals surface area (Å²) in [5.41, 5.74) is 5.33. The highest BCUT2D eigenvalue weighted by molar-refractivity contribution is 7.47. The van der Waals surface area contributed by atoms with Gasteiger partial charge in [0.25, 0.3) is 0 Å². The number of carboxylic acid groups (broad SMARTS) is 1. The molecule has 3 atom stereocenters. The molecule has 1 unspecified atom stereocenters. The van der Waals surface area contributed by atoms with Crippen LogP contribution in [0, 0.1) is 0 Å². The lowest BCUT2D eigenvalue weighted by atomic mass is 10.1. The van der Waals surface area contributed by atoms with E-state index >= 15 is 0 Å². The van der Waals surface area contributed by atoms with Crippen LogP contribution in [0.3, 0.4) is 0 Å². The minimum Gasteiger partial charge on any atom is -0.480 e. The number of ether oxygens (including phenoxy) is 2. The van der Waals surface area contributed by atoms with Gasteiger partial charge in [-0.2, -0.15) is 0 Å². The van der Waals surface area contributed by atoms with Crippen LogP contribution in [-0.2, 0) is 37.5 Å². The lowest BCUT2D eigenvalue weighted by molar-refractivity contribution is -0.161. The maximum atomic E-state index is 12.6. The number of esters is 2. The van der Waals surface area contributed by atoms with Gasteiger partial charge in [-0.3, -0.25) is 23.4 Å². The van der Waals surface area contributed by atoms with Crippen molar-refractivity contribution in [3.63, 3.8) is 0 Å². The maximum absolute atomic E-state index is 12.6. The lowest BCUT2D eigenvalue weighted by Gasteiger charge is -2.20. The number of hydrogen-bond acceptors (Lipinski definition) is 9. The Kier molecular flexibility index (Phi) is 37.9. The summed E-state index contributed by atoms with van der Waals surface area (Å²) in [6.45, 7) is 2.75. The molecule has 0 aliphatic rings. The molecule has 0 aromatic rings. The first-order valence-corrected chi connectivity index (χ1v) is 23.5. The van der Waals surface area contributed by atoms with Gasteiger partial charge in [-0.05, 0) is 70.6 Å². The number of phosphoric ester groups is 1. The topological polar surface area (TPSA) is 172 Å². The summed E-state index contributed by atoms with van der Waals surface area (Å²) in [4.78, 5) is 45.9. The van der Waals surface area contributed by atoms with Crippen LogP contribution in [0.25, 0.3) is 0 Å². The van der Waals surface area contributed by atoms with Crippen molar-refractivity contribution in [2.24, 2.45) is 5.73 Å². The molecule has 4 N–H and O–H groups in total. The highest BCUT2D eigenvalue weighted by Crippen LogP contribution is 2.43. The van der Waals surface area contributed by atoms with Crippen molar-refractivity contribution in [1.29, 1.82) is 0 Å². The van der Waals surface area contributed by atoms with Crippen LogP contribution in [0.2, 0.25) is 0 Å². The second-order valence-electron chi connectivity index (χ2n) is 14.8. The Morgan fingerprint density at radius 3 is 1.45 bits per heavy atom. The Morgan fingerprint density at radius 2 is 0.946 bits per heavy atom. The van der Waals surface area contributed by atoms with Crippen molar-refractivity contribution < 1.29 is 47.5 Å². The standard InChI is InChI=1S/C44H80NO10P/c1-3-5-7-9-11-13-15-17-18-19-20-21-22-24-25-27-29-31-33-35-42(46)52-37-40(38-53-56(50,51)54-39-41(45)44(48)49)55-43(47)36-34-32-30-28-26-23-16-14-12-10-8-6-4-2/h11,13-14,16-18,40-41H,3-10,12,15,19-39,45H2,1-2H3,(H,48,49)(H,50,51)/b13-11+,16-14+,18-17+/t40-,41+/m0/s1. The fourth-order valence-electron chi connectivity index (χ4n) is 5.85. The number of allylic oxidation sites excluding steroid dienone is 6. The minimum atomic E-state index is -4.72. The van der Waals surface area contributed by atoms with E-state index < -0.39 is 51.1 Å². The number of nitrogens with two attached hydrogens (primary N) is 1. The molecule has 0 saturated carbocycles. The van der Waals surface area contributed by atoms with Crippen LogP contribution in [0.4, 0.5) is 0 Å². The molecule has 0 amide bonds. The quantitative estimate of drug-likeness (QED) is 0.0232. The maximum Gasteiger partial charge on any atom is 0.472 e. The fourth-order valence-corrected chi connectivity index (χ4v) is 6.63. The van der Waals surface area contributed by atoms with Gasteiger partial charge in [-0.25, -0.2) is 4.57 Å². The zero-order valence-electron chi connectivity index (χ0n) is 35.2. The molecule has 0 fully saturated rings. The Morgan fingerprint density at radius 1 is 0.554 bits per heavy atom. The molecule has 0 aromatic carbocycles. The van der Waals surface area contributed by atoms with Gasteiger partial charge in [0.1, 0.15) is 12.6 Å². The average Bonchev–Trinajstić information content (AvgIpc) is 3.17. The number of carbonyl (C=O) groups excluding carboxylic acids is 2. The number of hydrogen-bond donors (Lipinski definition) is 3. The van der Waals surface area contributed by atoms with E-state index in [-0.39, 0.29) is 19.4 Å². The number of carboxylic acids is 1. The monoisotopic (exact) mass is 814 g/mol. The van der Waals surface area contributed by atoms with Crippen molar-refractivity contribution in [3.8, 4) is 0 Å². The molecule has 56 heavy (non-hydrogen) atoms. The third-order valence-corrected chi connectivity index (χ3v) is 10.3. The fraction of sp³-hybridized carbons (Fsp3) is 0.795. The summed E-state index contributed by atoms with van der Waals surface area (Å²) >= 11 is 0. The Hall–Kier alpha value is -2.30. The van der Waals surface area contributed by atoms with E-state index in [2.05, 4.69) is 54.8 Å². The molecule has 0 radical (unpaired) electrons. The predicted octanol–water partition coefficient (Wildman–Crippen LogP) is 11.6. The molecule has 0 rings (SSSR count). The molecule has 0 spiro atoms. The smallest absolute Gasteiger partial charge is 0.472 e. The van der Waals surface area contributed by atoms with Gasteiger partial charge in [-0.15, -0.1) is 0 Å². The van der Waals surface area contributed by atoms with E-state index in [4.69, 9.17) is 24.8 Å². The second kappa shape index (κ2) is 39.5. The summed E-state index contributed by atoms with van der Waals surface area (Å²) < 4.78 is 32.7.